The van der Waals surface area contributed by atoms with Gasteiger partial charge in [0.25, 0.3) is 0 Å². The topological polar surface area (TPSA) is 46.9 Å². The summed E-state index contributed by atoms with van der Waals surface area (Å²) in [5, 5.41) is 6.64. The fourth-order valence-corrected chi connectivity index (χ4v) is 1.38. The number of hydrogen-bond donors (Lipinski definition) is 1. The van der Waals surface area contributed by atoms with E-state index in [9.17, 15) is 9.18 Å². The molecule has 5 heteroatoms. The first kappa shape index (κ1) is 10.4. The van der Waals surface area contributed by atoms with Gasteiger partial charge in [-0.2, -0.15) is 0 Å². The summed E-state index contributed by atoms with van der Waals surface area (Å²) in [7, 11) is 0. The van der Waals surface area contributed by atoms with Gasteiger partial charge in [0.05, 0.1) is 5.69 Å². The predicted octanol–water partition coefficient (Wildman–Crippen LogP) is 1.89. The summed E-state index contributed by atoms with van der Waals surface area (Å²) >= 11 is 0. The number of carbonyl (C=O) groups excluding carboxylic acids is 1. The Bertz CT molecular complexity index is 504. The van der Waals surface area contributed by atoms with E-state index < -0.39 is 0 Å². The summed E-state index contributed by atoms with van der Waals surface area (Å²) < 4.78 is 14.3. The average Bonchev–Trinajstić information content (AvgIpc) is 2.62. The quantitative estimate of drug-likeness (QED) is 0.801. The van der Waals surface area contributed by atoms with E-state index in [1.807, 2.05) is 6.92 Å². The van der Waals surface area contributed by atoms with Crippen molar-refractivity contribution >= 4 is 12.2 Å². The van der Waals surface area contributed by atoms with E-state index in [1.54, 1.807) is 23.0 Å². The monoisotopic (exact) mass is 219 g/mol. The Balaban J connectivity index is 2.37. The van der Waals surface area contributed by atoms with Crippen LogP contribution >= 0.6 is 0 Å². The van der Waals surface area contributed by atoms with Gasteiger partial charge in [-0.25, -0.2) is 9.07 Å². The molecule has 0 radical (unpaired) electrons. The minimum absolute atomic E-state index is 0.293. The summed E-state index contributed by atoms with van der Waals surface area (Å²) in [5.74, 6) is 0.207. The molecule has 16 heavy (non-hydrogen) atoms. The van der Waals surface area contributed by atoms with Crippen molar-refractivity contribution in [1.82, 2.24) is 9.78 Å². The van der Waals surface area contributed by atoms with Gasteiger partial charge in [0.2, 0.25) is 6.41 Å². The molecule has 1 aromatic carbocycles. The maximum atomic E-state index is 12.7. The first-order valence-corrected chi connectivity index (χ1v) is 4.73. The molecule has 82 valence electrons. The van der Waals surface area contributed by atoms with E-state index in [2.05, 4.69) is 10.4 Å². The molecule has 0 spiro atoms. The second-order valence-electron chi connectivity index (χ2n) is 3.34. The number of nitrogens with one attached hydrogen (secondary N) is 1. The average molecular weight is 219 g/mol. The van der Waals surface area contributed by atoms with Crippen LogP contribution in [0.15, 0.2) is 30.5 Å². The molecule has 1 N–H and O–H groups in total. The van der Waals surface area contributed by atoms with E-state index in [4.69, 9.17) is 0 Å². The highest BCUT2D eigenvalue weighted by Gasteiger charge is 2.05. The van der Waals surface area contributed by atoms with Gasteiger partial charge in [-0.3, -0.25) is 4.79 Å². The zero-order valence-electron chi connectivity index (χ0n) is 8.64. The summed E-state index contributed by atoms with van der Waals surface area (Å²) in [4.78, 5) is 10.3. The number of hydrogen-bond acceptors (Lipinski definition) is 2. The highest BCUT2D eigenvalue weighted by Crippen LogP contribution is 2.15. The highest BCUT2D eigenvalue weighted by atomic mass is 19.1. The molecule has 0 aliphatic carbocycles. The molecule has 2 aromatic rings. The fourth-order valence-electron chi connectivity index (χ4n) is 1.38. The smallest absolute Gasteiger partial charge is 0.212 e. The van der Waals surface area contributed by atoms with Crippen molar-refractivity contribution in [3.63, 3.8) is 0 Å². The summed E-state index contributed by atoms with van der Waals surface area (Å²) in [5.41, 5.74) is 1.58. The summed E-state index contributed by atoms with van der Waals surface area (Å²) in [6.45, 7) is 1.83. The molecule has 0 aliphatic rings. The minimum atomic E-state index is -0.293. The largest absolute Gasteiger partial charge is 0.312 e. The van der Waals surface area contributed by atoms with Gasteiger partial charge >= 0.3 is 0 Å². The highest BCUT2D eigenvalue weighted by molar-refractivity contribution is 5.70. The van der Waals surface area contributed by atoms with Crippen LogP contribution < -0.4 is 5.32 Å². The Kier molecular flexibility index (Phi) is 2.68. The third-order valence-electron chi connectivity index (χ3n) is 2.18. The molecule has 0 aliphatic heterocycles. The lowest BCUT2D eigenvalue weighted by Gasteiger charge is -1.99. The van der Waals surface area contributed by atoms with Crippen LogP contribution in [-0.4, -0.2) is 16.2 Å². The first-order valence-electron chi connectivity index (χ1n) is 4.73. The van der Waals surface area contributed by atoms with Gasteiger partial charge in [-0.05, 0) is 31.2 Å². The second kappa shape index (κ2) is 4.14. The standard InChI is InChI=1S/C11H10FN3O/c1-8-6-15(14-11(8)13-7-16)10-4-2-9(12)3-5-10/h2-7H,1H3,(H,13,14,16). The van der Waals surface area contributed by atoms with Crippen molar-refractivity contribution in [3.05, 3.63) is 41.8 Å². The predicted molar refractivity (Wildman–Crippen MR) is 57.9 cm³/mol. The lowest BCUT2D eigenvalue weighted by atomic mass is 10.3. The molecule has 2 rings (SSSR count). The molecule has 1 amide bonds. The number of amides is 1. The normalized spacial score (nSPS) is 10.1. The van der Waals surface area contributed by atoms with E-state index in [-0.39, 0.29) is 5.82 Å². The molecule has 0 bridgehead atoms. The molecule has 0 unspecified atom stereocenters. The Labute approximate surface area is 91.7 Å². The minimum Gasteiger partial charge on any atom is -0.312 e. The maximum absolute atomic E-state index is 12.7. The Morgan fingerprint density at radius 3 is 2.69 bits per heavy atom. The van der Waals surface area contributed by atoms with Crippen LogP contribution in [0, 0.1) is 12.7 Å². The van der Waals surface area contributed by atoms with E-state index in [0.29, 0.717) is 12.2 Å². The summed E-state index contributed by atoms with van der Waals surface area (Å²) in [6, 6.07) is 5.96. The van der Waals surface area contributed by atoms with Crippen molar-refractivity contribution in [2.24, 2.45) is 0 Å². The number of rotatable bonds is 3. The Hall–Kier alpha value is -2.17. The van der Waals surface area contributed by atoms with Crippen LogP contribution in [0.4, 0.5) is 10.2 Å². The second-order valence-corrected chi connectivity index (χ2v) is 3.34. The summed E-state index contributed by atoms with van der Waals surface area (Å²) in [6.07, 6.45) is 2.34. The number of halogens is 1. The van der Waals surface area contributed by atoms with Gasteiger partial charge in [-0.1, -0.05) is 0 Å². The van der Waals surface area contributed by atoms with Gasteiger partial charge < -0.3 is 5.32 Å². The molecule has 0 atom stereocenters. The van der Waals surface area contributed by atoms with Crippen molar-refractivity contribution in [2.45, 2.75) is 6.92 Å². The third-order valence-corrected chi connectivity index (χ3v) is 2.18. The number of nitrogens with zero attached hydrogens (tertiary/aromatic N) is 2. The lowest BCUT2D eigenvalue weighted by molar-refractivity contribution is -0.105. The molecule has 4 nitrogen and oxygen atoms in total. The van der Waals surface area contributed by atoms with Gasteiger partial charge in [0, 0.05) is 11.8 Å². The molecule has 1 heterocycles. The zero-order chi connectivity index (χ0) is 11.5. The van der Waals surface area contributed by atoms with Gasteiger partial charge in [0.15, 0.2) is 5.82 Å². The lowest BCUT2D eigenvalue weighted by Crippen LogP contribution is -1.98. The van der Waals surface area contributed by atoms with Crippen LogP contribution in [0.1, 0.15) is 5.56 Å². The maximum Gasteiger partial charge on any atom is 0.212 e. The van der Waals surface area contributed by atoms with Crippen LogP contribution in [-0.2, 0) is 4.79 Å². The molecule has 1 aromatic heterocycles. The number of carbonyl (C=O) groups is 1. The molecule has 0 saturated carbocycles. The third kappa shape index (κ3) is 1.93. The van der Waals surface area contributed by atoms with Crippen LogP contribution in [0.2, 0.25) is 0 Å². The molecule has 0 saturated heterocycles. The van der Waals surface area contributed by atoms with Crippen LogP contribution in [0.5, 0.6) is 0 Å². The Morgan fingerprint density at radius 2 is 2.06 bits per heavy atom. The molecular formula is C11H10FN3O. The first-order chi connectivity index (χ1) is 7.70. The number of aryl methyl sites for hydroxylation is 1. The van der Waals surface area contributed by atoms with Crippen molar-refractivity contribution < 1.29 is 9.18 Å². The van der Waals surface area contributed by atoms with Crippen LogP contribution in [0.3, 0.4) is 0 Å². The van der Waals surface area contributed by atoms with Crippen LogP contribution in [0.25, 0.3) is 5.69 Å². The SMILES string of the molecule is Cc1cn(-c2ccc(F)cc2)nc1NC=O. The molecular weight excluding hydrogens is 209 g/mol. The van der Waals surface area contributed by atoms with E-state index in [1.165, 1.54) is 12.1 Å². The van der Waals surface area contributed by atoms with Crippen molar-refractivity contribution in [1.29, 1.82) is 0 Å². The van der Waals surface area contributed by atoms with E-state index in [0.717, 1.165) is 11.3 Å². The molecule has 0 fully saturated rings. The fraction of sp³-hybridized carbons (Fsp3) is 0.0909. The number of anilines is 1. The number of aromatic nitrogens is 2. The van der Waals surface area contributed by atoms with Crippen molar-refractivity contribution in [2.75, 3.05) is 5.32 Å². The Morgan fingerprint density at radius 1 is 1.38 bits per heavy atom. The van der Waals surface area contributed by atoms with Gasteiger partial charge in [-0.15, -0.1) is 5.10 Å². The number of benzene rings is 1. The van der Waals surface area contributed by atoms with E-state index >= 15 is 0 Å². The van der Waals surface area contributed by atoms with Crippen molar-refractivity contribution in [3.8, 4) is 5.69 Å². The zero-order valence-corrected chi connectivity index (χ0v) is 8.64. The van der Waals surface area contributed by atoms with Gasteiger partial charge in [0.1, 0.15) is 5.82 Å².